The first kappa shape index (κ1) is 16.6. The van der Waals surface area contributed by atoms with Crippen LogP contribution in [0.1, 0.15) is 28.9 Å². The Kier molecular flexibility index (Phi) is 4.77. The van der Waals surface area contributed by atoms with Crippen LogP contribution in [0.3, 0.4) is 0 Å². The van der Waals surface area contributed by atoms with Gasteiger partial charge in [0.25, 0.3) is 5.91 Å². The van der Waals surface area contributed by atoms with Crippen LogP contribution in [0, 0.1) is 12.8 Å². The van der Waals surface area contributed by atoms with Crippen molar-refractivity contribution >= 4 is 17.7 Å². The second-order valence-corrected chi connectivity index (χ2v) is 8.13. The third-order valence-electron chi connectivity index (χ3n) is 5.21. The molecule has 4 nitrogen and oxygen atoms in total. The lowest BCUT2D eigenvalue weighted by Gasteiger charge is -2.44. The summed E-state index contributed by atoms with van der Waals surface area (Å²) in [5.41, 5.74) is 1.76. The summed E-state index contributed by atoms with van der Waals surface area (Å²) in [6.07, 6.45) is 4.31. The van der Waals surface area contributed by atoms with Gasteiger partial charge in [0.1, 0.15) is 0 Å². The first-order chi connectivity index (χ1) is 12.2. The van der Waals surface area contributed by atoms with Gasteiger partial charge in [-0.1, -0.05) is 11.8 Å². The molecule has 2 bridgehead atoms. The molecule has 5 heteroatoms. The summed E-state index contributed by atoms with van der Waals surface area (Å²) >= 11 is 1.66. The number of nitrogens with zero attached hydrogens (tertiary/aromatic N) is 2. The number of amides is 1. The molecule has 3 aliphatic rings. The molecule has 1 amide bonds. The highest BCUT2D eigenvalue weighted by Gasteiger charge is 2.34. The van der Waals surface area contributed by atoms with Crippen molar-refractivity contribution in [1.82, 2.24) is 15.2 Å². The number of carbonyl (C=O) groups excluding carboxylic acids is 1. The van der Waals surface area contributed by atoms with Crippen molar-refractivity contribution in [3.8, 4) is 0 Å². The number of carbonyl (C=O) groups is 1. The predicted octanol–water partition coefficient (Wildman–Crippen LogP) is 3.37. The summed E-state index contributed by atoms with van der Waals surface area (Å²) < 4.78 is 0. The highest BCUT2D eigenvalue weighted by Crippen LogP contribution is 2.29. The average Bonchev–Trinajstić information content (AvgIpc) is 2.65. The van der Waals surface area contributed by atoms with Crippen LogP contribution in [0.2, 0.25) is 0 Å². The highest BCUT2D eigenvalue weighted by atomic mass is 32.2. The van der Waals surface area contributed by atoms with E-state index in [0.717, 1.165) is 27.6 Å². The first-order valence-electron chi connectivity index (χ1n) is 8.91. The molecule has 3 saturated heterocycles. The number of benzene rings is 1. The van der Waals surface area contributed by atoms with Crippen LogP contribution in [-0.4, -0.2) is 41.5 Å². The molecule has 1 aromatic heterocycles. The number of pyridine rings is 1. The Morgan fingerprint density at radius 3 is 2.44 bits per heavy atom. The molecule has 0 spiro atoms. The van der Waals surface area contributed by atoms with E-state index >= 15 is 0 Å². The quantitative estimate of drug-likeness (QED) is 0.915. The lowest BCUT2D eigenvalue weighted by atomic mass is 9.84. The summed E-state index contributed by atoms with van der Waals surface area (Å²) in [5, 5.41) is 3.24. The molecule has 3 aliphatic heterocycles. The molecule has 2 aromatic rings. The summed E-state index contributed by atoms with van der Waals surface area (Å²) in [6, 6.07) is 12.2. The molecule has 4 heterocycles. The van der Waals surface area contributed by atoms with E-state index in [4.69, 9.17) is 0 Å². The standard InChI is InChI=1S/C20H23N3OS/c1-14-2-5-18(12-21-14)25-17-6-3-16(4-7-17)20(24)22-19-13-23-10-8-15(19)9-11-23/h2-7,12,15,19H,8-11,13H2,1H3,(H,22,24)/t19-/m0/s1. The Morgan fingerprint density at radius 2 is 1.84 bits per heavy atom. The van der Waals surface area contributed by atoms with Gasteiger partial charge in [-0.15, -0.1) is 0 Å². The van der Waals surface area contributed by atoms with Crippen molar-refractivity contribution in [2.75, 3.05) is 19.6 Å². The second kappa shape index (κ2) is 7.18. The van der Waals surface area contributed by atoms with Gasteiger partial charge in [0, 0.05) is 39.8 Å². The third kappa shape index (κ3) is 3.88. The lowest BCUT2D eigenvalue weighted by Crippen LogP contribution is -2.57. The number of fused-ring (bicyclic) bond motifs is 3. The minimum Gasteiger partial charge on any atom is -0.348 e. The maximum Gasteiger partial charge on any atom is 0.251 e. The Balaban J connectivity index is 1.38. The first-order valence-corrected chi connectivity index (χ1v) is 9.73. The van der Waals surface area contributed by atoms with Gasteiger partial charge in [0.15, 0.2) is 0 Å². The summed E-state index contributed by atoms with van der Waals surface area (Å²) in [5.74, 6) is 0.699. The summed E-state index contributed by atoms with van der Waals surface area (Å²) in [7, 11) is 0. The lowest BCUT2D eigenvalue weighted by molar-refractivity contribution is 0.0620. The Bertz CT molecular complexity index is 737. The van der Waals surface area contributed by atoms with Crippen molar-refractivity contribution in [3.05, 3.63) is 53.9 Å². The molecule has 0 saturated carbocycles. The molecule has 1 atom stereocenters. The molecule has 0 aliphatic carbocycles. The fraction of sp³-hybridized carbons (Fsp3) is 0.400. The van der Waals surface area contributed by atoms with E-state index in [9.17, 15) is 4.79 Å². The van der Waals surface area contributed by atoms with Crippen molar-refractivity contribution in [1.29, 1.82) is 0 Å². The van der Waals surface area contributed by atoms with Crippen LogP contribution in [0.4, 0.5) is 0 Å². The number of aromatic nitrogens is 1. The van der Waals surface area contributed by atoms with E-state index in [1.807, 2.05) is 43.5 Å². The van der Waals surface area contributed by atoms with Crippen LogP contribution in [0.15, 0.2) is 52.4 Å². The predicted molar refractivity (Wildman–Crippen MR) is 100.0 cm³/mol. The molecule has 1 aromatic carbocycles. The van der Waals surface area contributed by atoms with Crippen LogP contribution < -0.4 is 5.32 Å². The second-order valence-electron chi connectivity index (χ2n) is 6.98. The zero-order valence-corrected chi connectivity index (χ0v) is 15.3. The van der Waals surface area contributed by atoms with Crippen LogP contribution in [-0.2, 0) is 0 Å². The van der Waals surface area contributed by atoms with Gasteiger partial charge >= 0.3 is 0 Å². The Morgan fingerprint density at radius 1 is 1.12 bits per heavy atom. The van der Waals surface area contributed by atoms with Gasteiger partial charge in [-0.2, -0.15) is 0 Å². The van der Waals surface area contributed by atoms with E-state index in [2.05, 4.69) is 21.3 Å². The zero-order chi connectivity index (χ0) is 17.2. The van der Waals surface area contributed by atoms with Crippen LogP contribution in [0.5, 0.6) is 0 Å². The molecule has 3 fully saturated rings. The molecule has 0 unspecified atom stereocenters. The van der Waals surface area contributed by atoms with Gasteiger partial charge in [0.2, 0.25) is 0 Å². The summed E-state index contributed by atoms with van der Waals surface area (Å²) in [4.78, 5) is 21.5. The van der Waals surface area contributed by atoms with Crippen LogP contribution >= 0.6 is 11.8 Å². The average molecular weight is 353 g/mol. The molecule has 5 rings (SSSR count). The van der Waals surface area contributed by atoms with Crippen molar-refractivity contribution in [3.63, 3.8) is 0 Å². The Hall–Kier alpha value is -1.85. The fourth-order valence-electron chi connectivity index (χ4n) is 3.71. The maximum atomic E-state index is 12.5. The van der Waals surface area contributed by atoms with Crippen molar-refractivity contribution in [2.45, 2.75) is 35.6 Å². The molecule has 25 heavy (non-hydrogen) atoms. The molecule has 0 radical (unpaired) electrons. The number of aryl methyl sites for hydroxylation is 1. The Labute approximate surface area is 153 Å². The highest BCUT2D eigenvalue weighted by molar-refractivity contribution is 7.99. The monoisotopic (exact) mass is 353 g/mol. The minimum atomic E-state index is 0.0484. The van der Waals surface area contributed by atoms with E-state index in [1.165, 1.54) is 25.9 Å². The van der Waals surface area contributed by atoms with E-state index in [1.54, 1.807) is 11.8 Å². The number of hydrogen-bond donors (Lipinski definition) is 1. The molecule has 130 valence electrons. The van der Waals surface area contributed by atoms with E-state index in [0.29, 0.717) is 12.0 Å². The number of rotatable bonds is 4. The summed E-state index contributed by atoms with van der Waals surface area (Å²) in [6.45, 7) is 5.37. The fourth-order valence-corrected chi connectivity index (χ4v) is 4.49. The molecular formula is C20H23N3OS. The SMILES string of the molecule is Cc1ccc(Sc2ccc(C(=O)N[C@H]3CN4CCC3CC4)cc2)cn1. The topological polar surface area (TPSA) is 45.2 Å². The van der Waals surface area contributed by atoms with Gasteiger partial charge in [-0.25, -0.2) is 0 Å². The smallest absolute Gasteiger partial charge is 0.251 e. The molecular weight excluding hydrogens is 330 g/mol. The van der Waals surface area contributed by atoms with Gasteiger partial charge < -0.3 is 10.2 Å². The number of nitrogens with one attached hydrogen (secondary N) is 1. The normalized spacial score (nSPS) is 24.9. The van der Waals surface area contributed by atoms with Gasteiger partial charge in [-0.3, -0.25) is 9.78 Å². The van der Waals surface area contributed by atoms with Gasteiger partial charge in [-0.05, 0) is 75.2 Å². The number of piperidine rings is 3. The van der Waals surface area contributed by atoms with Gasteiger partial charge in [0.05, 0.1) is 0 Å². The maximum absolute atomic E-state index is 12.5. The van der Waals surface area contributed by atoms with Crippen LogP contribution in [0.25, 0.3) is 0 Å². The largest absolute Gasteiger partial charge is 0.348 e. The zero-order valence-electron chi connectivity index (χ0n) is 14.4. The van der Waals surface area contributed by atoms with Crippen molar-refractivity contribution in [2.24, 2.45) is 5.92 Å². The third-order valence-corrected chi connectivity index (χ3v) is 6.19. The number of hydrogen-bond acceptors (Lipinski definition) is 4. The minimum absolute atomic E-state index is 0.0484. The van der Waals surface area contributed by atoms with Crippen molar-refractivity contribution < 1.29 is 4.79 Å². The molecule has 1 N–H and O–H groups in total. The van der Waals surface area contributed by atoms with E-state index in [-0.39, 0.29) is 5.91 Å². The van der Waals surface area contributed by atoms with E-state index < -0.39 is 0 Å².